The van der Waals surface area contributed by atoms with Crippen molar-refractivity contribution in [1.82, 2.24) is 4.98 Å². The average Bonchev–Trinajstić information content (AvgIpc) is 3.18. The van der Waals surface area contributed by atoms with Crippen molar-refractivity contribution in [1.29, 1.82) is 0 Å². The number of pyridine rings is 1. The van der Waals surface area contributed by atoms with Crippen LogP contribution in [0.2, 0.25) is 0 Å². The van der Waals surface area contributed by atoms with Crippen molar-refractivity contribution in [2.45, 2.75) is 58.6 Å². The maximum Gasteiger partial charge on any atom is 0.418 e. The van der Waals surface area contributed by atoms with E-state index in [4.69, 9.17) is 19.2 Å². The first-order chi connectivity index (χ1) is 17.6. The second kappa shape index (κ2) is 11.4. The highest BCUT2D eigenvalue weighted by molar-refractivity contribution is 6.16. The number of hydrogen-bond acceptors (Lipinski definition) is 6. The molecule has 5 rings (SSSR count). The molecular formula is C30H35Cl2N3O4. The molecule has 0 radical (unpaired) electrons. The van der Waals surface area contributed by atoms with Gasteiger partial charge in [-0.05, 0) is 76.9 Å². The molecular weight excluding hydrogens is 537 g/mol. The minimum atomic E-state index is -0.459. The number of aromatic nitrogens is 1. The molecule has 1 aromatic heterocycles. The van der Waals surface area contributed by atoms with Crippen LogP contribution in [-0.4, -0.2) is 41.6 Å². The molecule has 9 heteroatoms. The molecule has 208 valence electrons. The summed E-state index contributed by atoms with van der Waals surface area (Å²) in [5.41, 5.74) is 5.87. The molecule has 0 bridgehead atoms. The molecule has 3 heterocycles. The molecule has 0 spiro atoms. The Bertz CT molecular complexity index is 1390. The van der Waals surface area contributed by atoms with Gasteiger partial charge in [-0.1, -0.05) is 12.1 Å². The Morgan fingerprint density at radius 1 is 1.05 bits per heavy atom. The fourth-order valence-corrected chi connectivity index (χ4v) is 5.26. The summed E-state index contributed by atoms with van der Waals surface area (Å²) < 4.78 is 17.5. The van der Waals surface area contributed by atoms with Crippen LogP contribution in [0.3, 0.4) is 0 Å². The molecule has 0 N–H and O–H groups in total. The Morgan fingerprint density at radius 3 is 2.46 bits per heavy atom. The third-order valence-corrected chi connectivity index (χ3v) is 6.63. The van der Waals surface area contributed by atoms with Gasteiger partial charge in [0.25, 0.3) is 0 Å². The molecule has 0 saturated heterocycles. The normalized spacial score (nSPS) is 15.8. The fraction of sp³-hybridized carbons (Fsp3) is 0.367. The number of hydrogen-bond donors (Lipinski definition) is 0. The molecule has 2 aromatic carbocycles. The number of halogens is 2. The van der Waals surface area contributed by atoms with Crippen molar-refractivity contribution in [2.75, 3.05) is 18.6 Å². The van der Waals surface area contributed by atoms with E-state index in [0.29, 0.717) is 11.4 Å². The van der Waals surface area contributed by atoms with Gasteiger partial charge >= 0.3 is 6.09 Å². The summed E-state index contributed by atoms with van der Waals surface area (Å²) in [6.07, 6.45) is 4.42. The first-order valence-corrected chi connectivity index (χ1v) is 12.6. The van der Waals surface area contributed by atoms with Crippen molar-refractivity contribution in [3.63, 3.8) is 0 Å². The number of carbonyl (C=O) groups excluding carboxylic acids is 1. The third-order valence-electron chi connectivity index (χ3n) is 6.63. The number of nitrogens with zero attached hydrogens (tertiary/aromatic N) is 3. The van der Waals surface area contributed by atoms with E-state index in [1.807, 2.05) is 30.3 Å². The van der Waals surface area contributed by atoms with Gasteiger partial charge in [0.05, 0.1) is 42.5 Å². The van der Waals surface area contributed by atoms with E-state index in [9.17, 15) is 4.79 Å². The summed E-state index contributed by atoms with van der Waals surface area (Å²) in [4.78, 5) is 24.0. The van der Waals surface area contributed by atoms with Crippen LogP contribution in [0.1, 0.15) is 56.9 Å². The Morgan fingerprint density at radius 2 is 1.79 bits per heavy atom. The van der Waals surface area contributed by atoms with Crippen molar-refractivity contribution in [3.05, 3.63) is 77.1 Å². The minimum Gasteiger partial charge on any atom is -0.493 e. The molecule has 0 atom stereocenters. The lowest BCUT2D eigenvalue weighted by Gasteiger charge is -2.31. The Balaban J connectivity index is 0.00000210. The van der Waals surface area contributed by atoms with Gasteiger partial charge in [0.15, 0.2) is 11.5 Å². The van der Waals surface area contributed by atoms with E-state index in [2.05, 4.69) is 38.7 Å². The van der Waals surface area contributed by atoms with E-state index in [-0.39, 0.29) is 42.6 Å². The van der Waals surface area contributed by atoms with Crippen LogP contribution in [0.5, 0.6) is 11.5 Å². The van der Waals surface area contributed by atoms with E-state index in [1.54, 1.807) is 37.4 Å². The van der Waals surface area contributed by atoms with Gasteiger partial charge < -0.3 is 14.2 Å². The maximum atomic E-state index is 13.0. The molecule has 0 unspecified atom stereocenters. The van der Waals surface area contributed by atoms with Crippen molar-refractivity contribution < 1.29 is 19.0 Å². The Hall–Kier alpha value is -3.29. The molecule has 3 aromatic rings. The predicted molar refractivity (Wildman–Crippen MR) is 159 cm³/mol. The van der Waals surface area contributed by atoms with Crippen LogP contribution in [0.15, 0.2) is 59.9 Å². The van der Waals surface area contributed by atoms with Gasteiger partial charge in [-0.25, -0.2) is 9.69 Å². The van der Waals surface area contributed by atoms with Crippen molar-refractivity contribution in [3.8, 4) is 11.5 Å². The SMILES string of the molecule is CCOC(=O)N(c1cccnc1)c1cccc(C2=NC(C)(C)Cc3cc(OC)c4c(c32)CC(C)(C)O4)c1.Cl.Cl. The fourth-order valence-electron chi connectivity index (χ4n) is 5.26. The first kappa shape index (κ1) is 30.3. The molecule has 7 nitrogen and oxygen atoms in total. The third kappa shape index (κ3) is 5.85. The number of carbonyl (C=O) groups is 1. The van der Waals surface area contributed by atoms with Gasteiger partial charge in [-0.3, -0.25) is 9.98 Å². The quantitative estimate of drug-likeness (QED) is 0.326. The summed E-state index contributed by atoms with van der Waals surface area (Å²) in [7, 11) is 1.69. The zero-order valence-electron chi connectivity index (χ0n) is 23.1. The lowest BCUT2D eigenvalue weighted by molar-refractivity contribution is 0.134. The zero-order chi connectivity index (χ0) is 26.4. The average molecular weight is 573 g/mol. The number of ether oxygens (including phenoxy) is 3. The van der Waals surface area contributed by atoms with Gasteiger partial charge in [-0.2, -0.15) is 0 Å². The van der Waals surface area contributed by atoms with Crippen molar-refractivity contribution >= 4 is 48.0 Å². The molecule has 0 fully saturated rings. The lowest BCUT2D eigenvalue weighted by Crippen LogP contribution is -2.31. The molecule has 2 aliphatic rings. The predicted octanol–water partition coefficient (Wildman–Crippen LogP) is 7.11. The summed E-state index contributed by atoms with van der Waals surface area (Å²) in [6.45, 7) is 10.5. The first-order valence-electron chi connectivity index (χ1n) is 12.6. The molecule has 39 heavy (non-hydrogen) atoms. The number of methoxy groups -OCH3 is 1. The summed E-state index contributed by atoms with van der Waals surface area (Å²) in [6, 6.07) is 13.6. The number of rotatable bonds is 5. The van der Waals surface area contributed by atoms with Crippen LogP contribution in [0.25, 0.3) is 0 Å². The number of benzene rings is 2. The summed E-state index contributed by atoms with van der Waals surface area (Å²) in [5, 5.41) is 0. The Labute approximate surface area is 242 Å². The van der Waals surface area contributed by atoms with E-state index in [1.165, 1.54) is 5.56 Å². The molecule has 0 aliphatic carbocycles. The monoisotopic (exact) mass is 571 g/mol. The van der Waals surface area contributed by atoms with Gasteiger partial charge in [-0.15, -0.1) is 24.8 Å². The van der Waals surface area contributed by atoms with E-state index >= 15 is 0 Å². The second-order valence-corrected chi connectivity index (χ2v) is 10.7. The highest BCUT2D eigenvalue weighted by atomic mass is 35.5. The summed E-state index contributed by atoms with van der Waals surface area (Å²) >= 11 is 0. The van der Waals surface area contributed by atoms with Crippen LogP contribution in [-0.2, 0) is 17.6 Å². The highest BCUT2D eigenvalue weighted by Gasteiger charge is 2.39. The highest BCUT2D eigenvalue weighted by Crippen LogP contribution is 2.48. The topological polar surface area (TPSA) is 73.2 Å². The molecule has 2 aliphatic heterocycles. The van der Waals surface area contributed by atoms with E-state index < -0.39 is 6.09 Å². The second-order valence-electron chi connectivity index (χ2n) is 10.7. The van der Waals surface area contributed by atoms with Gasteiger partial charge in [0, 0.05) is 29.3 Å². The van der Waals surface area contributed by atoms with Crippen molar-refractivity contribution in [2.24, 2.45) is 4.99 Å². The zero-order valence-corrected chi connectivity index (χ0v) is 24.7. The Kier molecular flexibility index (Phi) is 8.88. The van der Waals surface area contributed by atoms with Crippen LogP contribution < -0.4 is 14.4 Å². The molecule has 1 amide bonds. The summed E-state index contributed by atoms with van der Waals surface area (Å²) in [5.74, 6) is 1.55. The number of fused-ring (bicyclic) bond motifs is 3. The standard InChI is InChI=1S/C30H33N3O4.2ClH/c1-7-36-28(34)33(22-12-9-13-31-18-22)21-11-8-10-19(14-21)26-25-20(16-29(2,3)32-26)15-24(35-6)27-23(25)17-30(4,5)37-27;;/h8-15,18H,7,16-17H2,1-6H3;2*1H. The molecule has 0 saturated carbocycles. The smallest absolute Gasteiger partial charge is 0.418 e. The van der Waals surface area contributed by atoms with E-state index in [0.717, 1.165) is 46.7 Å². The number of aliphatic imine (C=N–C) groups is 1. The largest absolute Gasteiger partial charge is 0.493 e. The number of amides is 1. The van der Waals surface area contributed by atoms with Crippen LogP contribution in [0.4, 0.5) is 16.2 Å². The van der Waals surface area contributed by atoms with Crippen LogP contribution >= 0.6 is 24.8 Å². The van der Waals surface area contributed by atoms with Gasteiger partial charge in [0.1, 0.15) is 5.60 Å². The number of anilines is 2. The lowest BCUT2D eigenvalue weighted by atomic mass is 9.81. The minimum absolute atomic E-state index is 0. The van der Waals surface area contributed by atoms with Crippen LogP contribution in [0, 0.1) is 0 Å². The van der Waals surface area contributed by atoms with Gasteiger partial charge in [0.2, 0.25) is 0 Å². The maximum absolute atomic E-state index is 13.0.